The van der Waals surface area contributed by atoms with Gasteiger partial charge in [0, 0.05) is 23.0 Å². The fourth-order valence-electron chi connectivity index (χ4n) is 2.84. The van der Waals surface area contributed by atoms with Gasteiger partial charge in [0.1, 0.15) is 5.75 Å². The molecule has 2 unspecified atom stereocenters. The van der Waals surface area contributed by atoms with Gasteiger partial charge in [0.05, 0.1) is 22.7 Å². The highest BCUT2D eigenvalue weighted by molar-refractivity contribution is 7.85. The number of aliphatic hydroxyl groups is 1. The average Bonchev–Trinajstić information content (AvgIpc) is 3.16. The third-order valence-corrected chi connectivity index (χ3v) is 6.24. The van der Waals surface area contributed by atoms with E-state index in [0.29, 0.717) is 35.2 Å². The average molecular weight is 394 g/mol. The SMILES string of the molecule is O=C(COc1ccc(CO)cc1)N1CCC(S(=O)c2cccc(Cl)c2)C1. The molecule has 1 saturated heterocycles. The van der Waals surface area contributed by atoms with Crippen LogP contribution in [0.25, 0.3) is 0 Å². The number of carbonyl (C=O) groups excluding carboxylic acids is 1. The topological polar surface area (TPSA) is 66.8 Å². The van der Waals surface area contributed by atoms with Crippen molar-refractivity contribution in [1.29, 1.82) is 0 Å². The molecule has 0 bridgehead atoms. The van der Waals surface area contributed by atoms with Crippen LogP contribution in [0.5, 0.6) is 5.75 Å². The zero-order chi connectivity index (χ0) is 18.5. The molecule has 0 radical (unpaired) electrons. The van der Waals surface area contributed by atoms with E-state index in [2.05, 4.69) is 0 Å². The maximum absolute atomic E-state index is 12.7. The minimum absolute atomic E-state index is 0.0296. The van der Waals surface area contributed by atoms with Crippen molar-refractivity contribution < 1.29 is 18.8 Å². The van der Waals surface area contributed by atoms with E-state index in [1.54, 1.807) is 53.4 Å². The van der Waals surface area contributed by atoms with Crippen LogP contribution in [0.1, 0.15) is 12.0 Å². The van der Waals surface area contributed by atoms with E-state index < -0.39 is 10.8 Å². The highest BCUT2D eigenvalue weighted by Gasteiger charge is 2.31. The van der Waals surface area contributed by atoms with Gasteiger partial charge in [0.15, 0.2) is 6.61 Å². The van der Waals surface area contributed by atoms with Crippen molar-refractivity contribution >= 4 is 28.3 Å². The van der Waals surface area contributed by atoms with Gasteiger partial charge in [0.25, 0.3) is 5.91 Å². The number of rotatable bonds is 6. The lowest BCUT2D eigenvalue weighted by Crippen LogP contribution is -2.34. The maximum atomic E-state index is 12.7. The molecular weight excluding hydrogens is 374 g/mol. The van der Waals surface area contributed by atoms with Crippen LogP contribution in [0.3, 0.4) is 0 Å². The number of halogens is 1. The Morgan fingerprint density at radius 2 is 2.04 bits per heavy atom. The first kappa shape index (κ1) is 18.9. The Morgan fingerprint density at radius 1 is 1.27 bits per heavy atom. The zero-order valence-electron chi connectivity index (χ0n) is 14.1. The molecule has 7 heteroatoms. The van der Waals surface area contributed by atoms with Gasteiger partial charge in [-0.25, -0.2) is 0 Å². The van der Waals surface area contributed by atoms with E-state index in [0.717, 1.165) is 5.56 Å². The van der Waals surface area contributed by atoms with Gasteiger partial charge >= 0.3 is 0 Å². The van der Waals surface area contributed by atoms with Crippen LogP contribution in [0.2, 0.25) is 5.02 Å². The first-order valence-corrected chi connectivity index (χ1v) is 9.92. The molecule has 1 amide bonds. The molecule has 0 saturated carbocycles. The fourth-order valence-corrected chi connectivity index (χ4v) is 4.57. The van der Waals surface area contributed by atoms with Crippen LogP contribution < -0.4 is 4.74 Å². The lowest BCUT2D eigenvalue weighted by atomic mass is 10.2. The first-order valence-electron chi connectivity index (χ1n) is 8.33. The number of hydrogen-bond acceptors (Lipinski definition) is 4. The molecule has 2 aromatic rings. The second-order valence-electron chi connectivity index (χ2n) is 6.10. The molecule has 1 aliphatic heterocycles. The van der Waals surface area contributed by atoms with Crippen LogP contribution in [-0.2, 0) is 22.2 Å². The summed E-state index contributed by atoms with van der Waals surface area (Å²) >= 11 is 5.96. The Morgan fingerprint density at radius 3 is 2.73 bits per heavy atom. The molecule has 26 heavy (non-hydrogen) atoms. The third-order valence-electron chi connectivity index (χ3n) is 4.30. The van der Waals surface area contributed by atoms with Crippen LogP contribution >= 0.6 is 11.6 Å². The largest absolute Gasteiger partial charge is 0.484 e. The molecule has 2 atom stereocenters. The molecule has 1 aliphatic rings. The van der Waals surface area contributed by atoms with Gasteiger partial charge in [-0.05, 0) is 42.3 Å². The summed E-state index contributed by atoms with van der Waals surface area (Å²) in [6.07, 6.45) is 0.691. The molecule has 5 nitrogen and oxygen atoms in total. The van der Waals surface area contributed by atoms with Crippen LogP contribution in [-0.4, -0.2) is 45.1 Å². The molecule has 138 valence electrons. The quantitative estimate of drug-likeness (QED) is 0.819. The summed E-state index contributed by atoms with van der Waals surface area (Å²) in [6, 6.07) is 14.0. The number of carbonyl (C=O) groups is 1. The van der Waals surface area contributed by atoms with E-state index in [4.69, 9.17) is 21.4 Å². The minimum atomic E-state index is -1.19. The molecule has 1 fully saturated rings. The van der Waals surface area contributed by atoms with Crippen molar-refractivity contribution in [3.05, 3.63) is 59.1 Å². The lowest BCUT2D eigenvalue weighted by molar-refractivity contribution is -0.132. The molecule has 3 rings (SSSR count). The van der Waals surface area contributed by atoms with Crippen molar-refractivity contribution in [3.63, 3.8) is 0 Å². The standard InChI is InChI=1S/C19H20ClNO4S/c20-15-2-1-3-17(10-15)26(24)18-8-9-21(11-18)19(23)13-25-16-6-4-14(12-22)5-7-16/h1-7,10,18,22H,8-9,11-13H2. The summed E-state index contributed by atoms with van der Waals surface area (Å²) in [5, 5.41) is 9.49. The number of ether oxygens (including phenoxy) is 1. The van der Waals surface area contributed by atoms with Crippen LogP contribution in [0.4, 0.5) is 0 Å². The van der Waals surface area contributed by atoms with Crippen LogP contribution in [0.15, 0.2) is 53.4 Å². The summed E-state index contributed by atoms with van der Waals surface area (Å²) in [7, 11) is -1.19. The minimum Gasteiger partial charge on any atom is -0.484 e. The van der Waals surface area contributed by atoms with Crippen molar-refractivity contribution in [3.8, 4) is 5.75 Å². The number of likely N-dealkylation sites (tertiary alicyclic amines) is 1. The summed E-state index contributed by atoms with van der Waals surface area (Å²) in [5.41, 5.74) is 0.787. The fraction of sp³-hybridized carbons (Fsp3) is 0.316. The smallest absolute Gasteiger partial charge is 0.260 e. The maximum Gasteiger partial charge on any atom is 0.260 e. The third kappa shape index (κ3) is 4.63. The Labute approximate surface area is 160 Å². The van der Waals surface area contributed by atoms with Crippen molar-refractivity contribution in [2.24, 2.45) is 0 Å². The van der Waals surface area contributed by atoms with E-state index in [9.17, 15) is 9.00 Å². The van der Waals surface area contributed by atoms with E-state index >= 15 is 0 Å². The molecular formula is C19H20ClNO4S. The van der Waals surface area contributed by atoms with Crippen molar-refractivity contribution in [2.45, 2.75) is 23.2 Å². The molecule has 2 aromatic carbocycles. The van der Waals surface area contributed by atoms with E-state index in [1.165, 1.54) is 0 Å². The Kier molecular flexibility index (Phi) is 6.29. The molecule has 1 heterocycles. The summed E-state index contributed by atoms with van der Waals surface area (Å²) in [5.74, 6) is 0.454. The van der Waals surface area contributed by atoms with Gasteiger partial charge in [-0.2, -0.15) is 0 Å². The number of aliphatic hydroxyl groups excluding tert-OH is 1. The highest BCUT2D eigenvalue weighted by atomic mass is 35.5. The molecule has 0 spiro atoms. The van der Waals surface area contributed by atoms with Gasteiger partial charge in [-0.1, -0.05) is 29.8 Å². The first-order chi connectivity index (χ1) is 12.6. The summed E-state index contributed by atoms with van der Waals surface area (Å²) < 4.78 is 18.2. The predicted octanol–water partition coefficient (Wildman–Crippen LogP) is 2.62. The summed E-state index contributed by atoms with van der Waals surface area (Å²) in [6.45, 7) is 0.931. The number of amides is 1. The Bertz CT molecular complexity index is 796. The number of benzene rings is 2. The van der Waals surface area contributed by atoms with E-state index in [1.807, 2.05) is 0 Å². The lowest BCUT2D eigenvalue weighted by Gasteiger charge is -2.17. The number of hydrogen-bond donors (Lipinski definition) is 1. The van der Waals surface area contributed by atoms with Crippen molar-refractivity contribution in [2.75, 3.05) is 19.7 Å². The normalized spacial score (nSPS) is 17.9. The van der Waals surface area contributed by atoms with Crippen molar-refractivity contribution in [1.82, 2.24) is 4.90 Å². The molecule has 1 N–H and O–H groups in total. The van der Waals surface area contributed by atoms with Gasteiger partial charge in [-0.3, -0.25) is 9.00 Å². The Balaban J connectivity index is 1.52. The predicted molar refractivity (Wildman–Crippen MR) is 101 cm³/mol. The molecule has 0 aromatic heterocycles. The van der Waals surface area contributed by atoms with E-state index in [-0.39, 0.29) is 24.4 Å². The summed E-state index contributed by atoms with van der Waals surface area (Å²) in [4.78, 5) is 14.7. The van der Waals surface area contributed by atoms with Crippen LogP contribution in [0, 0.1) is 0 Å². The molecule has 0 aliphatic carbocycles. The second-order valence-corrected chi connectivity index (χ2v) is 8.27. The Hall–Kier alpha value is -1.89. The van der Waals surface area contributed by atoms with Gasteiger partial charge < -0.3 is 14.7 Å². The van der Waals surface area contributed by atoms with Gasteiger partial charge in [-0.15, -0.1) is 0 Å². The highest BCUT2D eigenvalue weighted by Crippen LogP contribution is 2.23. The number of nitrogens with zero attached hydrogens (tertiary/aromatic N) is 1. The van der Waals surface area contributed by atoms with Gasteiger partial charge in [0.2, 0.25) is 0 Å². The monoisotopic (exact) mass is 393 g/mol. The second kappa shape index (κ2) is 8.66. The zero-order valence-corrected chi connectivity index (χ0v) is 15.7.